The Hall–Kier alpha value is -2.73. The number of likely N-dealkylation sites (tertiary alicyclic amines) is 1. The summed E-state index contributed by atoms with van der Waals surface area (Å²) in [4.78, 5) is 15.0. The highest BCUT2D eigenvalue weighted by Crippen LogP contribution is 2.37. The molecule has 0 bridgehead atoms. The van der Waals surface area contributed by atoms with Crippen LogP contribution in [0.25, 0.3) is 0 Å². The van der Waals surface area contributed by atoms with Gasteiger partial charge in [0.15, 0.2) is 11.5 Å². The van der Waals surface area contributed by atoms with Gasteiger partial charge >= 0.3 is 0 Å². The summed E-state index contributed by atoms with van der Waals surface area (Å²) in [5.74, 6) is 2.23. The quantitative estimate of drug-likeness (QED) is 0.894. The van der Waals surface area contributed by atoms with Crippen LogP contribution in [0.2, 0.25) is 0 Å². The number of para-hydroxylation sites is 3. The summed E-state index contributed by atoms with van der Waals surface area (Å²) in [6, 6.07) is 13.2. The number of rotatable bonds is 5. The normalized spacial score (nSPS) is 18.7. The lowest BCUT2D eigenvalue weighted by Gasteiger charge is -2.24. The second-order valence-electron chi connectivity index (χ2n) is 6.47. The average molecular weight is 354 g/mol. The molecule has 2 heterocycles. The lowest BCUT2D eigenvalue weighted by Crippen LogP contribution is -2.39. The molecule has 6 heteroatoms. The number of benzene rings is 2. The fourth-order valence-electron chi connectivity index (χ4n) is 3.61. The van der Waals surface area contributed by atoms with Gasteiger partial charge in [-0.2, -0.15) is 0 Å². The van der Waals surface area contributed by atoms with E-state index in [2.05, 4.69) is 10.2 Å². The summed E-state index contributed by atoms with van der Waals surface area (Å²) >= 11 is 0. The molecule has 0 radical (unpaired) electrons. The maximum atomic E-state index is 12.9. The molecule has 0 saturated carbocycles. The van der Waals surface area contributed by atoms with Crippen LogP contribution in [-0.4, -0.2) is 37.3 Å². The summed E-state index contributed by atoms with van der Waals surface area (Å²) in [6.45, 7) is 1.80. The van der Waals surface area contributed by atoms with Crippen molar-refractivity contribution in [3.05, 3.63) is 48.0 Å². The van der Waals surface area contributed by atoms with Crippen LogP contribution >= 0.6 is 0 Å². The van der Waals surface area contributed by atoms with E-state index in [1.165, 1.54) is 0 Å². The van der Waals surface area contributed by atoms with E-state index >= 15 is 0 Å². The molecule has 0 unspecified atom stereocenters. The van der Waals surface area contributed by atoms with E-state index in [1.807, 2.05) is 42.5 Å². The van der Waals surface area contributed by atoms with Crippen molar-refractivity contribution >= 4 is 11.6 Å². The van der Waals surface area contributed by atoms with E-state index in [4.69, 9.17) is 14.2 Å². The molecule has 0 aliphatic carbocycles. The third kappa shape index (κ3) is 3.20. The van der Waals surface area contributed by atoms with Crippen molar-refractivity contribution in [2.24, 2.45) is 0 Å². The standard InChI is InChI=1S/C20H22N2O4/c1-24-17-9-3-2-7-15(17)21-20(23)16-8-5-11-22(16)12-14-6-4-10-18-19(14)26-13-25-18/h2-4,6-7,9-10,16H,5,8,11-13H2,1H3,(H,21,23)/t16-/m1/s1. The topological polar surface area (TPSA) is 60.0 Å². The van der Waals surface area contributed by atoms with E-state index in [0.29, 0.717) is 18.0 Å². The molecule has 2 aromatic rings. The molecule has 4 rings (SSSR count). The van der Waals surface area contributed by atoms with E-state index in [0.717, 1.165) is 36.4 Å². The molecular formula is C20H22N2O4. The Bertz CT molecular complexity index is 808. The Kier molecular flexibility index (Phi) is 4.67. The Morgan fingerprint density at radius 1 is 1.23 bits per heavy atom. The van der Waals surface area contributed by atoms with Crippen LogP contribution in [0.15, 0.2) is 42.5 Å². The highest BCUT2D eigenvalue weighted by atomic mass is 16.7. The van der Waals surface area contributed by atoms with Crippen molar-refractivity contribution in [3.63, 3.8) is 0 Å². The van der Waals surface area contributed by atoms with Crippen LogP contribution in [0.1, 0.15) is 18.4 Å². The number of amides is 1. The zero-order valence-corrected chi connectivity index (χ0v) is 14.7. The molecule has 1 N–H and O–H groups in total. The second kappa shape index (κ2) is 7.25. The van der Waals surface area contributed by atoms with Crippen molar-refractivity contribution in [2.45, 2.75) is 25.4 Å². The first-order chi connectivity index (χ1) is 12.8. The highest BCUT2D eigenvalue weighted by molar-refractivity contribution is 5.96. The lowest BCUT2D eigenvalue weighted by atomic mass is 10.1. The van der Waals surface area contributed by atoms with Crippen molar-refractivity contribution in [3.8, 4) is 17.2 Å². The Labute approximate surface area is 152 Å². The molecule has 2 aromatic carbocycles. The first-order valence-corrected chi connectivity index (χ1v) is 8.81. The van der Waals surface area contributed by atoms with Gasteiger partial charge in [0.25, 0.3) is 0 Å². The molecule has 136 valence electrons. The number of nitrogens with one attached hydrogen (secondary N) is 1. The van der Waals surface area contributed by atoms with Crippen molar-refractivity contribution < 1.29 is 19.0 Å². The summed E-state index contributed by atoms with van der Waals surface area (Å²) in [6.07, 6.45) is 1.84. The number of methoxy groups -OCH3 is 1. The molecule has 26 heavy (non-hydrogen) atoms. The summed E-state index contributed by atoms with van der Waals surface area (Å²) in [7, 11) is 1.60. The fourth-order valence-corrected chi connectivity index (χ4v) is 3.61. The van der Waals surface area contributed by atoms with Gasteiger partial charge in [0, 0.05) is 12.1 Å². The number of anilines is 1. The molecule has 0 aromatic heterocycles. The molecule has 1 fully saturated rings. The number of hydrogen-bond donors (Lipinski definition) is 1. The van der Waals surface area contributed by atoms with Crippen molar-refractivity contribution in [1.82, 2.24) is 4.90 Å². The number of nitrogens with zero attached hydrogens (tertiary/aromatic N) is 1. The molecule has 6 nitrogen and oxygen atoms in total. The number of ether oxygens (including phenoxy) is 3. The maximum Gasteiger partial charge on any atom is 0.241 e. The smallest absolute Gasteiger partial charge is 0.241 e. The minimum Gasteiger partial charge on any atom is -0.495 e. The molecule has 1 amide bonds. The van der Waals surface area contributed by atoms with Crippen LogP contribution in [0.4, 0.5) is 5.69 Å². The van der Waals surface area contributed by atoms with Crippen molar-refractivity contribution in [1.29, 1.82) is 0 Å². The lowest BCUT2D eigenvalue weighted by molar-refractivity contribution is -0.120. The average Bonchev–Trinajstić information content (AvgIpc) is 3.32. The van der Waals surface area contributed by atoms with Crippen LogP contribution in [0.3, 0.4) is 0 Å². The van der Waals surface area contributed by atoms with Gasteiger partial charge in [-0.3, -0.25) is 9.69 Å². The van der Waals surface area contributed by atoms with E-state index < -0.39 is 0 Å². The van der Waals surface area contributed by atoms with Crippen LogP contribution in [0, 0.1) is 0 Å². The van der Waals surface area contributed by atoms with E-state index in [1.54, 1.807) is 7.11 Å². The predicted molar refractivity (Wildman–Crippen MR) is 97.6 cm³/mol. The summed E-state index contributed by atoms with van der Waals surface area (Å²) in [5.41, 5.74) is 1.75. The molecule has 0 spiro atoms. The number of hydrogen-bond acceptors (Lipinski definition) is 5. The molecule has 1 atom stereocenters. The molecule has 2 aliphatic heterocycles. The fraction of sp³-hybridized carbons (Fsp3) is 0.350. The SMILES string of the molecule is COc1ccccc1NC(=O)[C@H]1CCCN1Cc1cccc2c1OCO2. The predicted octanol–water partition coefficient (Wildman–Crippen LogP) is 3.03. The van der Waals surface area contributed by atoms with Gasteiger partial charge in [-0.15, -0.1) is 0 Å². The second-order valence-corrected chi connectivity index (χ2v) is 6.47. The summed E-state index contributed by atoms with van der Waals surface area (Å²) < 4.78 is 16.4. The third-order valence-corrected chi connectivity index (χ3v) is 4.88. The minimum atomic E-state index is -0.168. The molecule has 1 saturated heterocycles. The van der Waals surface area contributed by atoms with Gasteiger partial charge in [0.05, 0.1) is 18.8 Å². The van der Waals surface area contributed by atoms with Gasteiger partial charge in [-0.25, -0.2) is 0 Å². The molecule has 2 aliphatic rings. The zero-order chi connectivity index (χ0) is 17.9. The minimum absolute atomic E-state index is 0.00301. The van der Waals surface area contributed by atoms with Gasteiger partial charge in [-0.05, 0) is 37.6 Å². The first-order valence-electron chi connectivity index (χ1n) is 8.81. The largest absolute Gasteiger partial charge is 0.495 e. The third-order valence-electron chi connectivity index (χ3n) is 4.88. The number of carbonyl (C=O) groups is 1. The monoisotopic (exact) mass is 354 g/mol. The summed E-state index contributed by atoms with van der Waals surface area (Å²) in [5, 5.41) is 3.01. The van der Waals surface area contributed by atoms with Crippen LogP contribution in [-0.2, 0) is 11.3 Å². The van der Waals surface area contributed by atoms with E-state index in [-0.39, 0.29) is 18.7 Å². The zero-order valence-electron chi connectivity index (χ0n) is 14.7. The van der Waals surface area contributed by atoms with Crippen LogP contribution in [0.5, 0.6) is 17.2 Å². The van der Waals surface area contributed by atoms with Gasteiger partial charge < -0.3 is 19.5 Å². The Balaban J connectivity index is 1.48. The Morgan fingerprint density at radius 3 is 3.00 bits per heavy atom. The van der Waals surface area contributed by atoms with Gasteiger partial charge in [0.1, 0.15) is 5.75 Å². The van der Waals surface area contributed by atoms with E-state index in [9.17, 15) is 4.79 Å². The van der Waals surface area contributed by atoms with Crippen molar-refractivity contribution in [2.75, 3.05) is 25.8 Å². The Morgan fingerprint density at radius 2 is 2.12 bits per heavy atom. The first kappa shape index (κ1) is 16.7. The highest BCUT2D eigenvalue weighted by Gasteiger charge is 2.32. The number of fused-ring (bicyclic) bond motifs is 1. The van der Waals surface area contributed by atoms with Gasteiger partial charge in [0.2, 0.25) is 12.7 Å². The van der Waals surface area contributed by atoms with Gasteiger partial charge in [-0.1, -0.05) is 24.3 Å². The van der Waals surface area contributed by atoms with Crippen LogP contribution < -0.4 is 19.5 Å². The number of carbonyl (C=O) groups excluding carboxylic acids is 1. The molecular weight excluding hydrogens is 332 g/mol. The maximum absolute atomic E-state index is 12.9.